The molecule has 5 nitrogen and oxygen atoms in total. The van der Waals surface area contributed by atoms with Gasteiger partial charge in [0.15, 0.2) is 5.76 Å². The van der Waals surface area contributed by atoms with E-state index in [1.54, 1.807) is 30.2 Å². The van der Waals surface area contributed by atoms with Crippen molar-refractivity contribution in [1.82, 2.24) is 15.0 Å². The lowest BCUT2D eigenvalue weighted by atomic mass is 10.0. The van der Waals surface area contributed by atoms with E-state index in [1.807, 2.05) is 45.0 Å². The van der Waals surface area contributed by atoms with Crippen LogP contribution in [0.15, 0.2) is 28.8 Å². The van der Waals surface area contributed by atoms with Gasteiger partial charge in [-0.3, -0.25) is 4.79 Å². The van der Waals surface area contributed by atoms with Gasteiger partial charge in [0.1, 0.15) is 10.6 Å². The summed E-state index contributed by atoms with van der Waals surface area (Å²) in [4.78, 5) is 19.4. The number of aryl methyl sites for hydroxylation is 1. The van der Waals surface area contributed by atoms with E-state index in [0.717, 1.165) is 15.2 Å². The fourth-order valence-corrected chi connectivity index (χ4v) is 3.69. The molecule has 1 amide bonds. The summed E-state index contributed by atoms with van der Waals surface area (Å²) in [6, 6.07) is 7.89. The minimum Gasteiger partial charge on any atom is -0.360 e. The largest absolute Gasteiger partial charge is 0.360 e. The number of thiazole rings is 1. The Bertz CT molecular complexity index is 848. The Kier molecular flexibility index (Phi) is 4.41. The van der Waals surface area contributed by atoms with Crippen molar-refractivity contribution in [2.24, 2.45) is 0 Å². The van der Waals surface area contributed by atoms with Crippen molar-refractivity contribution in [2.75, 3.05) is 7.05 Å². The van der Waals surface area contributed by atoms with Crippen LogP contribution in [0.1, 0.15) is 59.6 Å². The fourth-order valence-electron chi connectivity index (χ4n) is 2.63. The molecule has 0 aliphatic heterocycles. The van der Waals surface area contributed by atoms with Crippen molar-refractivity contribution in [3.63, 3.8) is 0 Å². The van der Waals surface area contributed by atoms with Gasteiger partial charge in [0, 0.05) is 13.0 Å². The van der Waals surface area contributed by atoms with Gasteiger partial charge in [-0.15, -0.1) is 11.3 Å². The zero-order valence-electron chi connectivity index (χ0n) is 14.5. The summed E-state index contributed by atoms with van der Waals surface area (Å²) >= 11 is 1.62. The van der Waals surface area contributed by atoms with Crippen LogP contribution in [-0.4, -0.2) is 28.0 Å². The molecule has 24 heavy (non-hydrogen) atoms. The SMILES string of the molecule is Cc1noc(C(C)C)c1C(=O)N(C)[C@H](C)c1nc2ccccc2s1. The number of carbonyl (C=O) groups excluding carboxylic acids is 1. The molecular formula is C18H21N3O2S. The van der Waals surface area contributed by atoms with Crippen LogP contribution in [-0.2, 0) is 0 Å². The lowest BCUT2D eigenvalue weighted by molar-refractivity contribution is 0.0739. The van der Waals surface area contributed by atoms with Gasteiger partial charge in [-0.2, -0.15) is 0 Å². The third kappa shape index (κ3) is 2.82. The zero-order chi connectivity index (χ0) is 17.4. The Labute approximate surface area is 145 Å². The first-order chi connectivity index (χ1) is 11.4. The van der Waals surface area contributed by atoms with Gasteiger partial charge < -0.3 is 9.42 Å². The van der Waals surface area contributed by atoms with Crippen LogP contribution >= 0.6 is 11.3 Å². The molecule has 0 saturated carbocycles. The first-order valence-corrected chi connectivity index (χ1v) is 8.80. The van der Waals surface area contributed by atoms with Crippen molar-refractivity contribution in [3.8, 4) is 0 Å². The molecule has 0 aliphatic rings. The van der Waals surface area contributed by atoms with Gasteiger partial charge in [-0.25, -0.2) is 4.98 Å². The highest BCUT2D eigenvalue weighted by atomic mass is 32.1. The molecule has 0 N–H and O–H groups in total. The van der Waals surface area contributed by atoms with Crippen molar-refractivity contribution in [1.29, 1.82) is 0 Å². The van der Waals surface area contributed by atoms with E-state index in [2.05, 4.69) is 10.1 Å². The fraction of sp³-hybridized carbons (Fsp3) is 0.389. The Morgan fingerprint density at radius 2 is 1.96 bits per heavy atom. The average Bonchev–Trinajstić information content (AvgIpc) is 3.16. The molecule has 0 aliphatic carbocycles. The predicted molar refractivity (Wildman–Crippen MR) is 95.5 cm³/mol. The number of hydrogen-bond donors (Lipinski definition) is 0. The Balaban J connectivity index is 1.91. The van der Waals surface area contributed by atoms with E-state index in [1.165, 1.54) is 0 Å². The van der Waals surface area contributed by atoms with Crippen LogP contribution < -0.4 is 0 Å². The van der Waals surface area contributed by atoms with Crippen molar-refractivity contribution >= 4 is 27.5 Å². The van der Waals surface area contributed by atoms with Crippen molar-refractivity contribution in [3.05, 3.63) is 46.3 Å². The third-order valence-corrected chi connectivity index (χ3v) is 5.40. The predicted octanol–water partition coefficient (Wildman–Crippen LogP) is 4.55. The molecule has 0 saturated heterocycles. The number of aromatic nitrogens is 2. The standard InChI is InChI=1S/C18H21N3O2S/c1-10(2)16-15(11(3)20-23-16)18(22)21(5)12(4)17-19-13-8-6-7-9-14(13)24-17/h6-10,12H,1-5H3/t12-/m1/s1. The molecule has 0 fully saturated rings. The summed E-state index contributed by atoms with van der Waals surface area (Å²) in [6.45, 7) is 7.79. The van der Waals surface area contributed by atoms with Crippen LogP contribution in [0.3, 0.4) is 0 Å². The molecule has 0 bridgehead atoms. The third-order valence-electron chi connectivity index (χ3n) is 4.20. The van der Waals surface area contributed by atoms with E-state index in [9.17, 15) is 4.79 Å². The molecule has 0 unspecified atom stereocenters. The maximum atomic E-state index is 13.0. The number of hydrogen-bond acceptors (Lipinski definition) is 5. The number of amides is 1. The summed E-state index contributed by atoms with van der Waals surface area (Å²) < 4.78 is 6.48. The van der Waals surface area contributed by atoms with Crippen LogP contribution in [0.2, 0.25) is 0 Å². The van der Waals surface area contributed by atoms with Crippen molar-refractivity contribution in [2.45, 2.75) is 39.7 Å². The van der Waals surface area contributed by atoms with E-state index in [-0.39, 0.29) is 17.9 Å². The Hall–Kier alpha value is -2.21. The monoisotopic (exact) mass is 343 g/mol. The normalized spacial score (nSPS) is 12.8. The summed E-state index contributed by atoms with van der Waals surface area (Å²) in [6.07, 6.45) is 0. The molecule has 3 aromatic rings. The Morgan fingerprint density at radius 3 is 2.62 bits per heavy atom. The molecule has 0 radical (unpaired) electrons. The van der Waals surface area contributed by atoms with E-state index in [0.29, 0.717) is 17.0 Å². The number of rotatable bonds is 4. The number of carbonyl (C=O) groups is 1. The molecule has 2 heterocycles. The lowest BCUT2D eigenvalue weighted by Gasteiger charge is -2.23. The second-order valence-corrected chi connectivity index (χ2v) is 7.34. The molecule has 3 rings (SSSR count). The molecular weight excluding hydrogens is 322 g/mol. The zero-order valence-corrected chi connectivity index (χ0v) is 15.3. The molecule has 126 valence electrons. The topological polar surface area (TPSA) is 59.2 Å². The van der Waals surface area contributed by atoms with Crippen LogP contribution in [0.5, 0.6) is 0 Å². The van der Waals surface area contributed by atoms with Gasteiger partial charge in [0.2, 0.25) is 0 Å². The molecule has 2 aromatic heterocycles. The number of benzene rings is 1. The first-order valence-electron chi connectivity index (χ1n) is 7.99. The minimum atomic E-state index is -0.121. The lowest BCUT2D eigenvalue weighted by Crippen LogP contribution is -2.30. The van der Waals surface area contributed by atoms with E-state index < -0.39 is 0 Å². The van der Waals surface area contributed by atoms with Crippen LogP contribution in [0.4, 0.5) is 0 Å². The molecule has 6 heteroatoms. The highest BCUT2D eigenvalue weighted by Gasteiger charge is 2.28. The average molecular weight is 343 g/mol. The maximum Gasteiger partial charge on any atom is 0.259 e. The first kappa shape index (κ1) is 16.6. The summed E-state index contributed by atoms with van der Waals surface area (Å²) in [5, 5.41) is 4.90. The number of para-hydroxylation sites is 1. The number of fused-ring (bicyclic) bond motifs is 1. The van der Waals surface area contributed by atoms with Gasteiger partial charge in [-0.1, -0.05) is 31.1 Å². The Morgan fingerprint density at radius 1 is 1.25 bits per heavy atom. The number of nitrogens with zero attached hydrogens (tertiary/aromatic N) is 3. The van der Waals surface area contributed by atoms with Crippen LogP contribution in [0, 0.1) is 6.92 Å². The molecule has 1 atom stereocenters. The quantitative estimate of drug-likeness (QED) is 0.697. The van der Waals surface area contributed by atoms with Gasteiger partial charge in [0.25, 0.3) is 5.91 Å². The second kappa shape index (κ2) is 6.36. The summed E-state index contributed by atoms with van der Waals surface area (Å²) in [5.41, 5.74) is 2.17. The minimum absolute atomic E-state index is 0.0794. The smallest absolute Gasteiger partial charge is 0.259 e. The van der Waals surface area contributed by atoms with E-state index >= 15 is 0 Å². The van der Waals surface area contributed by atoms with Gasteiger partial charge in [-0.05, 0) is 26.0 Å². The maximum absolute atomic E-state index is 13.0. The highest BCUT2D eigenvalue weighted by molar-refractivity contribution is 7.18. The highest BCUT2D eigenvalue weighted by Crippen LogP contribution is 2.31. The summed E-state index contributed by atoms with van der Waals surface area (Å²) in [7, 11) is 1.80. The second-order valence-electron chi connectivity index (χ2n) is 6.27. The summed E-state index contributed by atoms with van der Waals surface area (Å²) in [5.74, 6) is 0.668. The van der Waals surface area contributed by atoms with Crippen molar-refractivity contribution < 1.29 is 9.32 Å². The molecule has 0 spiro atoms. The van der Waals surface area contributed by atoms with Gasteiger partial charge in [0.05, 0.1) is 22.0 Å². The van der Waals surface area contributed by atoms with Crippen LogP contribution in [0.25, 0.3) is 10.2 Å². The molecule has 1 aromatic carbocycles. The van der Waals surface area contributed by atoms with Gasteiger partial charge >= 0.3 is 0 Å². The van der Waals surface area contributed by atoms with E-state index in [4.69, 9.17) is 4.52 Å².